The van der Waals surface area contributed by atoms with Crippen LogP contribution in [0.2, 0.25) is 0 Å². The molecule has 0 fully saturated rings. The Balaban J connectivity index is 1.95. The van der Waals surface area contributed by atoms with Crippen molar-refractivity contribution in [3.8, 4) is 0 Å². The number of carboxylic acids is 1. The highest BCUT2D eigenvalue weighted by Gasteiger charge is 2.38. The molecular weight excluding hydrogens is 384 g/mol. The van der Waals surface area contributed by atoms with Crippen molar-refractivity contribution in [1.82, 2.24) is 9.55 Å². The van der Waals surface area contributed by atoms with Crippen LogP contribution in [0.25, 0.3) is 0 Å². The maximum atomic E-state index is 11.6. The van der Waals surface area contributed by atoms with Gasteiger partial charge in [0.25, 0.3) is 0 Å². The summed E-state index contributed by atoms with van der Waals surface area (Å²) in [5.41, 5.74) is 3.49. The Morgan fingerprint density at radius 3 is 1.71 bits per heavy atom. The summed E-state index contributed by atoms with van der Waals surface area (Å²) in [6.07, 6.45) is 4.81. The van der Waals surface area contributed by atoms with Gasteiger partial charge in [-0.05, 0) is 23.1 Å². The molecule has 1 N–H and O–H groups in total. The van der Waals surface area contributed by atoms with Gasteiger partial charge in [-0.3, -0.25) is 4.79 Å². The number of hydrogen-bond acceptors (Lipinski definition) is 2. The molecule has 156 valence electrons. The fourth-order valence-electron chi connectivity index (χ4n) is 4.30. The number of benzene rings is 3. The van der Waals surface area contributed by atoms with Gasteiger partial charge in [0.05, 0.1) is 17.9 Å². The number of nitrogens with zero attached hydrogens (tertiary/aromatic N) is 2. The van der Waals surface area contributed by atoms with Crippen molar-refractivity contribution in [2.45, 2.75) is 25.3 Å². The zero-order valence-electron chi connectivity index (χ0n) is 17.6. The van der Waals surface area contributed by atoms with E-state index in [1.807, 2.05) is 74.0 Å². The lowest BCUT2D eigenvalue weighted by molar-refractivity contribution is -0.141. The maximum absolute atomic E-state index is 11.6. The number of carbonyl (C=O) groups is 1. The summed E-state index contributed by atoms with van der Waals surface area (Å²) >= 11 is 0. The highest BCUT2D eigenvalue weighted by molar-refractivity contribution is 5.70. The van der Waals surface area contributed by atoms with Gasteiger partial charge in [0.15, 0.2) is 0 Å². The normalized spacial score (nSPS) is 12.4. The first-order valence-corrected chi connectivity index (χ1v) is 10.6. The molecule has 31 heavy (non-hydrogen) atoms. The Morgan fingerprint density at radius 2 is 1.32 bits per heavy atom. The second-order valence-electron chi connectivity index (χ2n) is 7.73. The third kappa shape index (κ3) is 3.89. The van der Waals surface area contributed by atoms with Crippen molar-refractivity contribution in [3.05, 3.63) is 126 Å². The quantitative estimate of drug-likeness (QED) is 0.397. The molecule has 0 saturated heterocycles. The van der Waals surface area contributed by atoms with Gasteiger partial charge in [-0.25, -0.2) is 4.98 Å². The third-order valence-corrected chi connectivity index (χ3v) is 5.90. The molecule has 3 aromatic carbocycles. The van der Waals surface area contributed by atoms with E-state index in [1.54, 1.807) is 0 Å². The lowest BCUT2D eigenvalue weighted by Crippen LogP contribution is -2.37. The van der Waals surface area contributed by atoms with E-state index in [1.165, 1.54) is 0 Å². The highest BCUT2D eigenvalue weighted by Crippen LogP contribution is 2.40. The molecule has 4 rings (SSSR count). The minimum absolute atomic E-state index is 0.410. The van der Waals surface area contributed by atoms with Gasteiger partial charge in [0, 0.05) is 12.6 Å². The number of aromatic nitrogens is 2. The van der Waals surface area contributed by atoms with E-state index < -0.39 is 17.4 Å². The summed E-state index contributed by atoms with van der Waals surface area (Å²) in [6.45, 7) is 1.90. The summed E-state index contributed by atoms with van der Waals surface area (Å²) in [5, 5.41) is 9.50. The van der Waals surface area contributed by atoms with E-state index in [9.17, 15) is 9.90 Å². The maximum Gasteiger partial charge on any atom is 0.306 e. The minimum atomic E-state index is -0.780. The van der Waals surface area contributed by atoms with E-state index in [-0.39, 0.29) is 0 Å². The summed E-state index contributed by atoms with van der Waals surface area (Å²) < 4.78 is 2.12. The first-order valence-electron chi connectivity index (χ1n) is 10.6. The van der Waals surface area contributed by atoms with Crippen molar-refractivity contribution >= 4 is 5.97 Å². The summed E-state index contributed by atoms with van der Waals surface area (Å²) in [4.78, 5) is 16.2. The molecule has 0 bridgehead atoms. The van der Waals surface area contributed by atoms with Gasteiger partial charge in [-0.1, -0.05) is 97.9 Å². The van der Waals surface area contributed by atoms with Crippen LogP contribution < -0.4 is 0 Å². The molecule has 4 heteroatoms. The molecule has 0 aliphatic carbocycles. The fourth-order valence-corrected chi connectivity index (χ4v) is 4.30. The van der Waals surface area contributed by atoms with Crippen LogP contribution in [0.3, 0.4) is 0 Å². The number of rotatable bonds is 8. The zero-order valence-corrected chi connectivity index (χ0v) is 17.6. The van der Waals surface area contributed by atoms with Crippen molar-refractivity contribution in [2.24, 2.45) is 5.92 Å². The van der Waals surface area contributed by atoms with Crippen LogP contribution >= 0.6 is 0 Å². The van der Waals surface area contributed by atoms with E-state index >= 15 is 0 Å². The molecule has 0 amide bonds. The van der Waals surface area contributed by atoms with Crippen molar-refractivity contribution in [2.75, 3.05) is 0 Å². The predicted octanol–water partition coefficient (Wildman–Crippen LogP) is 5.38. The van der Waals surface area contributed by atoms with Crippen molar-refractivity contribution in [1.29, 1.82) is 0 Å². The Kier molecular flexibility index (Phi) is 5.99. The van der Waals surface area contributed by atoms with Gasteiger partial charge in [-0.2, -0.15) is 0 Å². The Hall–Kier alpha value is -3.66. The van der Waals surface area contributed by atoms with E-state index in [0.717, 1.165) is 22.4 Å². The first-order chi connectivity index (χ1) is 15.2. The summed E-state index contributed by atoms with van der Waals surface area (Å²) in [6, 6.07) is 31.1. The Bertz CT molecular complexity index is 1020. The third-order valence-electron chi connectivity index (χ3n) is 5.90. The number of carboxylic acid groups (broad SMARTS) is 1. The predicted molar refractivity (Wildman–Crippen MR) is 122 cm³/mol. The van der Waals surface area contributed by atoms with Crippen LogP contribution in [0.15, 0.2) is 104 Å². The number of hydrogen-bond donors (Lipinski definition) is 1. The zero-order chi connectivity index (χ0) is 21.7. The number of aliphatic carboxylic acids is 1. The Morgan fingerprint density at radius 1 is 0.871 bits per heavy atom. The summed E-state index contributed by atoms with van der Waals surface area (Å²) in [5.74, 6) is -1.22. The average Bonchev–Trinajstić information content (AvgIpc) is 3.29. The van der Waals surface area contributed by atoms with Crippen LogP contribution in [-0.4, -0.2) is 20.6 Å². The topological polar surface area (TPSA) is 55.1 Å². The van der Waals surface area contributed by atoms with Crippen molar-refractivity contribution < 1.29 is 9.90 Å². The molecule has 0 aliphatic rings. The van der Waals surface area contributed by atoms with Gasteiger partial charge in [0.2, 0.25) is 0 Å². The lowest BCUT2D eigenvalue weighted by atomic mass is 9.77. The van der Waals surface area contributed by atoms with E-state index in [2.05, 4.69) is 45.9 Å². The van der Waals surface area contributed by atoms with Gasteiger partial charge >= 0.3 is 5.97 Å². The molecule has 4 aromatic rings. The van der Waals surface area contributed by atoms with Gasteiger partial charge in [-0.15, -0.1) is 0 Å². The Labute approximate surface area is 182 Å². The molecule has 0 saturated carbocycles. The van der Waals surface area contributed by atoms with Crippen molar-refractivity contribution in [3.63, 3.8) is 0 Å². The lowest BCUT2D eigenvalue weighted by Gasteiger charge is -2.37. The first kappa shape index (κ1) is 20.6. The second-order valence-corrected chi connectivity index (χ2v) is 7.73. The largest absolute Gasteiger partial charge is 0.481 e. The SMILES string of the molecule is CC[C@H](Cc1cn(C(c2ccccc2)(c2ccccc2)c2ccccc2)cn1)C(=O)O. The van der Waals surface area contributed by atoms with Gasteiger partial charge in [0.1, 0.15) is 5.54 Å². The molecule has 1 aromatic heterocycles. The average molecular weight is 411 g/mol. The molecule has 0 unspecified atom stereocenters. The second kappa shape index (κ2) is 9.00. The van der Waals surface area contributed by atoms with Gasteiger partial charge < -0.3 is 9.67 Å². The van der Waals surface area contributed by atoms with Crippen LogP contribution in [0.1, 0.15) is 35.7 Å². The van der Waals surface area contributed by atoms with Crippen LogP contribution in [0, 0.1) is 5.92 Å². The van der Waals surface area contributed by atoms with Crippen LogP contribution in [0.5, 0.6) is 0 Å². The molecule has 0 aliphatic heterocycles. The minimum Gasteiger partial charge on any atom is -0.481 e. The monoisotopic (exact) mass is 410 g/mol. The van der Waals surface area contributed by atoms with E-state index in [0.29, 0.717) is 12.8 Å². The molecule has 1 heterocycles. The summed E-state index contributed by atoms with van der Waals surface area (Å²) in [7, 11) is 0. The standard InChI is InChI=1S/C27H26N2O2/c1-2-21(26(30)31)18-25-19-29(20-28-25)27(22-12-6-3-7-13-22,23-14-8-4-9-15-23)24-16-10-5-11-17-24/h3-17,19-21H,2,18H2,1H3,(H,30,31)/t21-/m1/s1. The van der Waals surface area contributed by atoms with Crippen LogP contribution in [-0.2, 0) is 16.8 Å². The molecule has 0 radical (unpaired) electrons. The van der Waals surface area contributed by atoms with E-state index in [4.69, 9.17) is 0 Å². The molecule has 0 spiro atoms. The fraction of sp³-hybridized carbons (Fsp3) is 0.185. The number of imidazole rings is 1. The molecular formula is C27H26N2O2. The molecule has 4 nitrogen and oxygen atoms in total. The smallest absolute Gasteiger partial charge is 0.306 e. The van der Waals surface area contributed by atoms with Crippen LogP contribution in [0.4, 0.5) is 0 Å². The molecule has 1 atom stereocenters. The highest BCUT2D eigenvalue weighted by atomic mass is 16.4.